The molecule has 0 spiro atoms. The van der Waals surface area contributed by atoms with E-state index in [0.717, 1.165) is 36.1 Å². The molecule has 2 rings (SSSR count). The van der Waals surface area contributed by atoms with E-state index in [0.29, 0.717) is 31.7 Å². The fourth-order valence-electron chi connectivity index (χ4n) is 2.82. The molecular weight excluding hydrogens is 330 g/mol. The van der Waals surface area contributed by atoms with Crippen molar-refractivity contribution in [2.75, 3.05) is 39.4 Å². The van der Waals surface area contributed by atoms with Crippen molar-refractivity contribution in [3.05, 3.63) is 45.7 Å². The number of H-pyrrole nitrogens is 1. The molecule has 0 saturated heterocycles. The number of benzene rings is 1. The van der Waals surface area contributed by atoms with Gasteiger partial charge in [-0.1, -0.05) is 19.9 Å². The van der Waals surface area contributed by atoms with Gasteiger partial charge in [-0.25, -0.2) is 0 Å². The summed E-state index contributed by atoms with van der Waals surface area (Å²) in [5.41, 5.74) is 2.29. The molecule has 0 radical (unpaired) electrons. The zero-order valence-corrected chi connectivity index (χ0v) is 15.9. The number of nitrogens with zero attached hydrogens (tertiary/aromatic N) is 1. The van der Waals surface area contributed by atoms with Gasteiger partial charge in [-0.05, 0) is 49.2 Å². The highest BCUT2D eigenvalue weighted by molar-refractivity contribution is 5.83. The topological polar surface area (TPSA) is 74.4 Å². The second kappa shape index (κ2) is 10.1. The molecule has 0 aliphatic rings. The third-order valence-electron chi connectivity index (χ3n) is 4.47. The Balaban J connectivity index is 1.75. The number of fused-ring (bicyclic) bond motifs is 1. The van der Waals surface area contributed by atoms with Crippen LogP contribution in [0.4, 0.5) is 0 Å². The van der Waals surface area contributed by atoms with E-state index < -0.39 is 0 Å². The van der Waals surface area contributed by atoms with Crippen molar-refractivity contribution in [2.45, 2.75) is 27.2 Å². The fourth-order valence-corrected chi connectivity index (χ4v) is 2.82. The van der Waals surface area contributed by atoms with Crippen molar-refractivity contribution in [2.24, 2.45) is 0 Å². The van der Waals surface area contributed by atoms with E-state index in [1.165, 1.54) is 0 Å². The van der Waals surface area contributed by atoms with Crippen molar-refractivity contribution in [3.63, 3.8) is 0 Å². The third kappa shape index (κ3) is 5.97. The first-order chi connectivity index (χ1) is 12.5. The summed E-state index contributed by atoms with van der Waals surface area (Å²) in [7, 11) is 0. The van der Waals surface area contributed by atoms with Crippen LogP contribution in [0.1, 0.15) is 25.0 Å². The van der Waals surface area contributed by atoms with Crippen molar-refractivity contribution in [1.29, 1.82) is 0 Å². The van der Waals surface area contributed by atoms with Gasteiger partial charge in [-0.15, -0.1) is 0 Å². The molecule has 26 heavy (non-hydrogen) atoms. The summed E-state index contributed by atoms with van der Waals surface area (Å²) in [5, 5.41) is 3.82. The minimum Gasteiger partial charge on any atom is -0.378 e. The smallest absolute Gasteiger partial charge is 0.251 e. The number of aryl methyl sites for hydroxylation is 1. The predicted molar refractivity (Wildman–Crippen MR) is 105 cm³/mol. The number of pyridine rings is 1. The van der Waals surface area contributed by atoms with Gasteiger partial charge in [0, 0.05) is 24.2 Å². The molecule has 0 bridgehead atoms. The van der Waals surface area contributed by atoms with E-state index in [1.807, 2.05) is 24.3 Å². The van der Waals surface area contributed by atoms with Crippen LogP contribution in [-0.4, -0.2) is 55.2 Å². The summed E-state index contributed by atoms with van der Waals surface area (Å²) in [5.74, 6) is -0.0298. The number of amides is 1. The molecule has 0 saturated carbocycles. The SMILES string of the molecule is CCN(CC)CCOCCNC(=O)Cc1ccc2[nH]c(=O)c(C)cc2c1. The maximum atomic E-state index is 12.1. The molecule has 0 unspecified atom stereocenters. The van der Waals surface area contributed by atoms with Gasteiger partial charge in [0.05, 0.1) is 19.6 Å². The van der Waals surface area contributed by atoms with Crippen LogP contribution in [0.3, 0.4) is 0 Å². The normalized spacial score (nSPS) is 11.2. The molecule has 2 aromatic rings. The Kier molecular flexibility index (Phi) is 7.81. The molecule has 0 aliphatic heterocycles. The van der Waals surface area contributed by atoms with Crippen LogP contribution < -0.4 is 10.9 Å². The van der Waals surface area contributed by atoms with E-state index in [2.05, 4.69) is 29.0 Å². The molecule has 6 heteroatoms. The number of carbonyl (C=O) groups is 1. The summed E-state index contributed by atoms with van der Waals surface area (Å²) in [6, 6.07) is 7.50. The molecule has 2 N–H and O–H groups in total. The Labute approximate surface area is 154 Å². The van der Waals surface area contributed by atoms with Gasteiger partial charge in [0.25, 0.3) is 5.56 Å². The molecule has 1 aromatic carbocycles. The molecular formula is C20H29N3O3. The van der Waals surface area contributed by atoms with Crippen LogP contribution >= 0.6 is 0 Å². The molecule has 1 aromatic heterocycles. The van der Waals surface area contributed by atoms with Crippen molar-refractivity contribution >= 4 is 16.8 Å². The summed E-state index contributed by atoms with van der Waals surface area (Å²) >= 11 is 0. The number of rotatable bonds is 10. The van der Waals surface area contributed by atoms with Gasteiger partial charge < -0.3 is 19.9 Å². The lowest BCUT2D eigenvalue weighted by Gasteiger charge is -2.17. The lowest BCUT2D eigenvalue weighted by Crippen LogP contribution is -2.30. The number of hydrogen-bond donors (Lipinski definition) is 2. The monoisotopic (exact) mass is 359 g/mol. The average molecular weight is 359 g/mol. The summed E-state index contributed by atoms with van der Waals surface area (Å²) in [4.78, 5) is 28.8. The largest absolute Gasteiger partial charge is 0.378 e. The second-order valence-electron chi connectivity index (χ2n) is 6.37. The van der Waals surface area contributed by atoms with Crippen molar-refractivity contribution < 1.29 is 9.53 Å². The lowest BCUT2D eigenvalue weighted by atomic mass is 10.1. The first-order valence-electron chi connectivity index (χ1n) is 9.22. The maximum Gasteiger partial charge on any atom is 0.251 e. The fraction of sp³-hybridized carbons (Fsp3) is 0.500. The Morgan fingerprint density at radius 3 is 2.69 bits per heavy atom. The number of nitrogens with one attached hydrogen (secondary N) is 2. The average Bonchev–Trinajstić information content (AvgIpc) is 2.62. The van der Waals surface area contributed by atoms with Crippen LogP contribution in [-0.2, 0) is 16.0 Å². The number of carbonyl (C=O) groups excluding carboxylic acids is 1. The second-order valence-corrected chi connectivity index (χ2v) is 6.37. The number of likely N-dealkylation sites (N-methyl/N-ethyl adjacent to an activating group) is 1. The molecule has 1 amide bonds. The van der Waals surface area contributed by atoms with Gasteiger partial charge in [0.15, 0.2) is 0 Å². The first kappa shape index (κ1) is 20.1. The molecule has 1 heterocycles. The molecule has 0 aliphatic carbocycles. The zero-order valence-electron chi connectivity index (χ0n) is 15.9. The highest BCUT2D eigenvalue weighted by atomic mass is 16.5. The highest BCUT2D eigenvalue weighted by Crippen LogP contribution is 2.14. The number of hydrogen-bond acceptors (Lipinski definition) is 4. The first-order valence-corrected chi connectivity index (χ1v) is 9.22. The molecule has 6 nitrogen and oxygen atoms in total. The van der Waals surface area contributed by atoms with Crippen LogP contribution in [0.15, 0.2) is 29.1 Å². The molecule has 0 atom stereocenters. The van der Waals surface area contributed by atoms with E-state index in [1.54, 1.807) is 6.92 Å². The van der Waals surface area contributed by atoms with E-state index >= 15 is 0 Å². The summed E-state index contributed by atoms with van der Waals surface area (Å²) in [6.07, 6.45) is 0.313. The van der Waals surface area contributed by atoms with Crippen molar-refractivity contribution in [3.8, 4) is 0 Å². The van der Waals surface area contributed by atoms with Crippen LogP contribution in [0.5, 0.6) is 0 Å². The van der Waals surface area contributed by atoms with Gasteiger partial charge in [-0.3, -0.25) is 9.59 Å². The minimum atomic E-state index is -0.0796. The van der Waals surface area contributed by atoms with Crippen LogP contribution in [0.25, 0.3) is 10.9 Å². The number of ether oxygens (including phenoxy) is 1. The van der Waals surface area contributed by atoms with Gasteiger partial charge in [-0.2, -0.15) is 0 Å². The van der Waals surface area contributed by atoms with E-state index in [-0.39, 0.29) is 11.5 Å². The number of aromatic nitrogens is 1. The highest BCUT2D eigenvalue weighted by Gasteiger charge is 2.05. The van der Waals surface area contributed by atoms with Crippen LogP contribution in [0.2, 0.25) is 0 Å². The van der Waals surface area contributed by atoms with Crippen LogP contribution in [0, 0.1) is 6.92 Å². The Bertz CT molecular complexity index is 781. The van der Waals surface area contributed by atoms with E-state index in [4.69, 9.17) is 4.74 Å². The Morgan fingerprint density at radius 1 is 1.19 bits per heavy atom. The minimum absolute atomic E-state index is 0.0298. The molecule has 0 fully saturated rings. The van der Waals surface area contributed by atoms with Gasteiger partial charge in [0.2, 0.25) is 5.91 Å². The summed E-state index contributed by atoms with van der Waals surface area (Å²) < 4.78 is 5.56. The van der Waals surface area contributed by atoms with E-state index in [9.17, 15) is 9.59 Å². The Morgan fingerprint density at radius 2 is 1.96 bits per heavy atom. The summed E-state index contributed by atoms with van der Waals surface area (Å²) in [6.45, 7) is 10.7. The number of aromatic amines is 1. The Hall–Kier alpha value is -2.18. The molecule has 142 valence electrons. The van der Waals surface area contributed by atoms with Gasteiger partial charge >= 0.3 is 0 Å². The van der Waals surface area contributed by atoms with Gasteiger partial charge in [0.1, 0.15) is 0 Å². The quantitative estimate of drug-likeness (QED) is 0.635. The van der Waals surface area contributed by atoms with Crippen molar-refractivity contribution in [1.82, 2.24) is 15.2 Å². The third-order valence-corrected chi connectivity index (χ3v) is 4.47. The zero-order chi connectivity index (χ0) is 18.9. The standard InChI is InChI=1S/C20H29N3O3/c1-4-23(5-2)9-11-26-10-8-21-19(24)14-16-6-7-18-17(13-16)12-15(3)20(25)22-18/h6-7,12-13H,4-5,8-11,14H2,1-3H3,(H,21,24)(H,22,25). The lowest BCUT2D eigenvalue weighted by molar-refractivity contribution is -0.120. The maximum absolute atomic E-state index is 12.1. The predicted octanol–water partition coefficient (Wildman–Crippen LogP) is 1.85.